The smallest absolute Gasteiger partial charge is 0.205 e. The lowest BCUT2D eigenvalue weighted by Gasteiger charge is -1.97. The fourth-order valence-corrected chi connectivity index (χ4v) is 0.964. The fourth-order valence-electron chi connectivity index (χ4n) is 0.964. The molecule has 0 aromatic carbocycles. The van der Waals surface area contributed by atoms with Gasteiger partial charge in [-0.2, -0.15) is 0 Å². The van der Waals surface area contributed by atoms with Crippen molar-refractivity contribution in [3.05, 3.63) is 0 Å². The lowest BCUT2D eigenvalue weighted by Crippen LogP contribution is -2.14. The first-order chi connectivity index (χ1) is 6.07. The molecule has 13 heavy (non-hydrogen) atoms. The first-order valence-corrected chi connectivity index (χ1v) is 4.63. The normalized spacial score (nSPS) is 9.69. The summed E-state index contributed by atoms with van der Waals surface area (Å²) in [6, 6.07) is 0. The van der Waals surface area contributed by atoms with Gasteiger partial charge in [-0.25, -0.2) is 0 Å². The van der Waals surface area contributed by atoms with Gasteiger partial charge in [0, 0.05) is 13.3 Å². The summed E-state index contributed by atoms with van der Waals surface area (Å²) in [5.41, 5.74) is 0. The second-order valence-electron chi connectivity index (χ2n) is 3.15. The summed E-state index contributed by atoms with van der Waals surface area (Å²) in [5, 5.41) is 0. The summed E-state index contributed by atoms with van der Waals surface area (Å²) in [7, 11) is 0. The molecular formula is C10H16O3. The van der Waals surface area contributed by atoms with Crippen molar-refractivity contribution in [1.29, 1.82) is 0 Å². The van der Waals surface area contributed by atoms with Gasteiger partial charge in [0.25, 0.3) is 0 Å². The van der Waals surface area contributed by atoms with Crippen molar-refractivity contribution in [2.45, 2.75) is 46.0 Å². The van der Waals surface area contributed by atoms with Crippen LogP contribution in [0.2, 0.25) is 0 Å². The van der Waals surface area contributed by atoms with Gasteiger partial charge in [-0.05, 0) is 6.42 Å². The van der Waals surface area contributed by atoms with E-state index in [0.29, 0.717) is 6.42 Å². The van der Waals surface area contributed by atoms with E-state index in [-0.39, 0.29) is 12.2 Å². The number of ketones is 3. The molecule has 0 atom stereocenters. The van der Waals surface area contributed by atoms with E-state index in [1.165, 1.54) is 6.92 Å². The van der Waals surface area contributed by atoms with E-state index in [0.717, 1.165) is 19.3 Å². The van der Waals surface area contributed by atoms with Crippen LogP contribution in [-0.4, -0.2) is 17.3 Å². The molecule has 0 radical (unpaired) electrons. The van der Waals surface area contributed by atoms with Crippen LogP contribution in [0.4, 0.5) is 0 Å². The molecule has 3 nitrogen and oxygen atoms in total. The highest BCUT2D eigenvalue weighted by molar-refractivity contribution is 6.39. The zero-order chi connectivity index (χ0) is 10.3. The lowest BCUT2D eigenvalue weighted by atomic mass is 10.1. The van der Waals surface area contributed by atoms with E-state index in [9.17, 15) is 14.4 Å². The summed E-state index contributed by atoms with van der Waals surface area (Å²) in [4.78, 5) is 32.4. The van der Waals surface area contributed by atoms with Crippen molar-refractivity contribution in [2.24, 2.45) is 0 Å². The van der Waals surface area contributed by atoms with E-state index >= 15 is 0 Å². The molecule has 0 rings (SSSR count). The molecule has 0 heterocycles. The van der Waals surface area contributed by atoms with Crippen LogP contribution in [0.15, 0.2) is 0 Å². The Morgan fingerprint density at radius 2 is 1.69 bits per heavy atom. The Morgan fingerprint density at radius 1 is 1.08 bits per heavy atom. The molecular weight excluding hydrogens is 168 g/mol. The summed E-state index contributed by atoms with van der Waals surface area (Å²) in [5.74, 6) is -1.21. The van der Waals surface area contributed by atoms with Crippen molar-refractivity contribution in [1.82, 2.24) is 0 Å². The van der Waals surface area contributed by atoms with Gasteiger partial charge in [0.05, 0.1) is 6.42 Å². The lowest BCUT2D eigenvalue weighted by molar-refractivity contribution is -0.137. The molecule has 0 aliphatic rings. The van der Waals surface area contributed by atoms with Crippen LogP contribution in [-0.2, 0) is 14.4 Å². The maximum atomic E-state index is 11.1. The highest BCUT2D eigenvalue weighted by Gasteiger charge is 2.12. The van der Waals surface area contributed by atoms with Crippen molar-refractivity contribution in [3.8, 4) is 0 Å². The Bertz CT molecular complexity index is 206. The maximum absolute atomic E-state index is 11.1. The SMILES string of the molecule is CCCCCC(=O)CC(=O)C(C)=O. The molecule has 0 aromatic heterocycles. The molecule has 0 N–H and O–H groups in total. The van der Waals surface area contributed by atoms with E-state index in [2.05, 4.69) is 0 Å². The topological polar surface area (TPSA) is 51.2 Å². The number of unbranched alkanes of at least 4 members (excludes halogenated alkanes) is 2. The molecule has 0 fully saturated rings. The Hall–Kier alpha value is -0.990. The number of hydrogen-bond donors (Lipinski definition) is 0. The zero-order valence-electron chi connectivity index (χ0n) is 8.26. The molecule has 0 amide bonds. The van der Waals surface area contributed by atoms with Gasteiger partial charge in [-0.1, -0.05) is 19.8 Å². The van der Waals surface area contributed by atoms with Crippen molar-refractivity contribution in [2.75, 3.05) is 0 Å². The van der Waals surface area contributed by atoms with E-state index in [1.807, 2.05) is 6.92 Å². The molecule has 0 aliphatic heterocycles. The minimum absolute atomic E-state index is 0.117. The average Bonchev–Trinajstić information content (AvgIpc) is 2.04. The second kappa shape index (κ2) is 6.52. The van der Waals surface area contributed by atoms with Crippen LogP contribution >= 0.6 is 0 Å². The number of carbonyl (C=O) groups excluding carboxylic acids is 3. The summed E-state index contributed by atoms with van der Waals surface area (Å²) >= 11 is 0. The molecule has 0 unspecified atom stereocenters. The predicted octanol–water partition coefficient (Wildman–Crippen LogP) is 1.68. The van der Waals surface area contributed by atoms with E-state index in [4.69, 9.17) is 0 Å². The van der Waals surface area contributed by atoms with Gasteiger partial charge >= 0.3 is 0 Å². The van der Waals surface area contributed by atoms with E-state index in [1.54, 1.807) is 0 Å². The fraction of sp³-hybridized carbons (Fsp3) is 0.700. The molecule has 0 spiro atoms. The third kappa shape index (κ3) is 6.20. The Kier molecular flexibility index (Phi) is 6.02. The van der Waals surface area contributed by atoms with Crippen LogP contribution in [0.25, 0.3) is 0 Å². The van der Waals surface area contributed by atoms with Crippen molar-refractivity contribution < 1.29 is 14.4 Å². The van der Waals surface area contributed by atoms with Crippen LogP contribution in [0.5, 0.6) is 0 Å². The number of hydrogen-bond acceptors (Lipinski definition) is 3. The molecule has 0 saturated carbocycles. The molecule has 74 valence electrons. The Morgan fingerprint density at radius 3 is 2.15 bits per heavy atom. The Balaban J connectivity index is 3.62. The average molecular weight is 184 g/mol. The molecule has 0 aromatic rings. The van der Waals surface area contributed by atoms with Gasteiger partial charge in [0.1, 0.15) is 5.78 Å². The number of carbonyl (C=O) groups is 3. The molecule has 0 bridgehead atoms. The molecule has 0 aliphatic carbocycles. The van der Waals surface area contributed by atoms with Crippen molar-refractivity contribution in [3.63, 3.8) is 0 Å². The largest absolute Gasteiger partial charge is 0.299 e. The van der Waals surface area contributed by atoms with Gasteiger partial charge in [-0.3, -0.25) is 14.4 Å². The van der Waals surface area contributed by atoms with Gasteiger partial charge in [0.15, 0.2) is 5.78 Å². The van der Waals surface area contributed by atoms with Crippen LogP contribution < -0.4 is 0 Å². The third-order valence-corrected chi connectivity index (χ3v) is 1.81. The molecule has 3 heteroatoms. The van der Waals surface area contributed by atoms with Gasteiger partial charge in [-0.15, -0.1) is 0 Å². The van der Waals surface area contributed by atoms with Crippen LogP contribution in [0.3, 0.4) is 0 Å². The maximum Gasteiger partial charge on any atom is 0.205 e. The highest BCUT2D eigenvalue weighted by Crippen LogP contribution is 2.02. The minimum atomic E-state index is -0.568. The van der Waals surface area contributed by atoms with Crippen LogP contribution in [0.1, 0.15) is 46.0 Å². The van der Waals surface area contributed by atoms with Crippen molar-refractivity contribution >= 4 is 17.3 Å². The van der Waals surface area contributed by atoms with Gasteiger partial charge < -0.3 is 0 Å². The standard InChI is InChI=1S/C10H16O3/c1-3-4-5-6-9(12)7-10(13)8(2)11/h3-7H2,1-2H3. The summed E-state index contributed by atoms with van der Waals surface area (Å²) in [6.07, 6.45) is 3.08. The quantitative estimate of drug-likeness (QED) is 0.343. The summed E-state index contributed by atoms with van der Waals surface area (Å²) in [6.45, 7) is 3.24. The third-order valence-electron chi connectivity index (χ3n) is 1.81. The monoisotopic (exact) mass is 184 g/mol. The number of rotatable bonds is 7. The first kappa shape index (κ1) is 12.0. The van der Waals surface area contributed by atoms with Crippen LogP contribution in [0, 0.1) is 0 Å². The first-order valence-electron chi connectivity index (χ1n) is 4.63. The number of Topliss-reactive ketones (excluding diaryl/α,β-unsaturated/α-hetero) is 3. The molecule has 0 saturated heterocycles. The van der Waals surface area contributed by atoms with Gasteiger partial charge in [0.2, 0.25) is 5.78 Å². The summed E-state index contributed by atoms with van der Waals surface area (Å²) < 4.78 is 0. The second-order valence-corrected chi connectivity index (χ2v) is 3.15. The Labute approximate surface area is 78.5 Å². The minimum Gasteiger partial charge on any atom is -0.299 e. The highest BCUT2D eigenvalue weighted by atomic mass is 16.2. The zero-order valence-corrected chi connectivity index (χ0v) is 8.26. The van der Waals surface area contributed by atoms with E-state index < -0.39 is 11.6 Å². The predicted molar refractivity (Wildman–Crippen MR) is 49.5 cm³/mol.